The van der Waals surface area contributed by atoms with Gasteiger partial charge in [-0.05, 0) is 44.3 Å². The first-order valence-electron chi connectivity index (χ1n) is 9.84. The van der Waals surface area contributed by atoms with E-state index in [1.165, 1.54) is 0 Å². The lowest BCUT2D eigenvalue weighted by Crippen LogP contribution is -2.38. The average molecular weight is 380 g/mol. The third-order valence-electron chi connectivity index (χ3n) is 6.17. The fourth-order valence-corrected chi connectivity index (χ4v) is 4.59. The maximum atomic E-state index is 13.0. The Labute approximate surface area is 167 Å². The largest absolute Gasteiger partial charge is 0.445 e. The summed E-state index contributed by atoms with van der Waals surface area (Å²) in [5.41, 5.74) is 4.18. The van der Waals surface area contributed by atoms with Crippen LogP contribution in [0.3, 0.4) is 0 Å². The zero-order valence-corrected chi connectivity index (χ0v) is 17.4. The lowest BCUT2D eigenvalue weighted by Gasteiger charge is -2.35. The minimum absolute atomic E-state index is 0.218. The Kier molecular flexibility index (Phi) is 4.58. The third kappa shape index (κ3) is 2.85. The minimum atomic E-state index is -0.715. The van der Waals surface area contributed by atoms with E-state index in [9.17, 15) is 4.79 Å². The number of nitrogens with zero attached hydrogens (tertiary/aromatic N) is 3. The van der Waals surface area contributed by atoms with Crippen LogP contribution in [0.5, 0.6) is 0 Å². The molecular weight excluding hydrogens is 350 g/mol. The molecule has 5 nitrogen and oxygen atoms in total. The van der Waals surface area contributed by atoms with Gasteiger partial charge in [0.25, 0.3) is 0 Å². The summed E-state index contributed by atoms with van der Waals surface area (Å²) in [5.74, 6) is 0.0167. The molecule has 0 amide bonds. The smallest absolute Gasteiger partial charge is 0.339 e. The molecule has 2 heterocycles. The van der Waals surface area contributed by atoms with Gasteiger partial charge in [0.2, 0.25) is 0 Å². The van der Waals surface area contributed by atoms with Crippen LogP contribution in [-0.4, -0.2) is 59.2 Å². The molecule has 28 heavy (non-hydrogen) atoms. The van der Waals surface area contributed by atoms with Crippen LogP contribution in [0.25, 0.3) is 0 Å². The molecule has 0 spiro atoms. The number of fused-ring (bicyclic) bond motifs is 1. The lowest BCUT2D eigenvalue weighted by atomic mass is 9.75. The highest BCUT2D eigenvalue weighted by atomic mass is 16.6. The number of rotatable bonds is 4. The third-order valence-corrected chi connectivity index (χ3v) is 6.17. The van der Waals surface area contributed by atoms with Crippen molar-refractivity contribution in [2.45, 2.75) is 12.0 Å². The topological polar surface area (TPSA) is 36.0 Å². The molecule has 2 aliphatic rings. The SMILES string of the molecule is CN1CCC(C2(c3ccc(N(C)C)cc3)OC(=O)c3cc(N(C)C)ccc32)C1. The van der Waals surface area contributed by atoms with E-state index >= 15 is 0 Å². The van der Waals surface area contributed by atoms with Crippen molar-refractivity contribution in [2.24, 2.45) is 5.92 Å². The van der Waals surface area contributed by atoms with Gasteiger partial charge in [0.1, 0.15) is 0 Å². The first-order valence-corrected chi connectivity index (χ1v) is 9.84. The number of esters is 1. The molecule has 0 radical (unpaired) electrons. The molecule has 1 saturated heterocycles. The number of benzene rings is 2. The molecule has 2 aromatic rings. The highest BCUT2D eigenvalue weighted by molar-refractivity contribution is 5.96. The number of hydrogen-bond acceptors (Lipinski definition) is 5. The van der Waals surface area contributed by atoms with Crippen molar-refractivity contribution >= 4 is 17.3 Å². The van der Waals surface area contributed by atoms with Gasteiger partial charge in [-0.2, -0.15) is 0 Å². The van der Waals surface area contributed by atoms with Gasteiger partial charge in [-0.25, -0.2) is 4.79 Å². The van der Waals surface area contributed by atoms with E-state index in [0.29, 0.717) is 5.56 Å². The van der Waals surface area contributed by atoms with Crippen molar-refractivity contribution < 1.29 is 9.53 Å². The highest BCUT2D eigenvalue weighted by Gasteiger charge is 2.53. The zero-order valence-electron chi connectivity index (χ0n) is 17.4. The second-order valence-electron chi connectivity index (χ2n) is 8.44. The molecule has 0 aromatic heterocycles. The Morgan fingerprint density at radius 1 is 1.00 bits per heavy atom. The molecule has 0 saturated carbocycles. The number of carbonyl (C=O) groups excluding carboxylic acids is 1. The molecule has 2 aromatic carbocycles. The van der Waals surface area contributed by atoms with Gasteiger partial charge in [0.15, 0.2) is 5.60 Å². The number of cyclic esters (lactones) is 1. The molecule has 5 heteroatoms. The van der Waals surface area contributed by atoms with E-state index in [1.807, 2.05) is 39.2 Å². The monoisotopic (exact) mass is 379 g/mol. The second kappa shape index (κ2) is 6.82. The Hall–Kier alpha value is -2.53. The predicted octanol–water partition coefficient (Wildman–Crippen LogP) is 3.18. The van der Waals surface area contributed by atoms with Crippen LogP contribution in [0.4, 0.5) is 11.4 Å². The summed E-state index contributed by atoms with van der Waals surface area (Å²) in [6.07, 6.45) is 1.01. The molecule has 1 fully saturated rings. The van der Waals surface area contributed by atoms with Crippen LogP contribution < -0.4 is 9.80 Å². The quantitative estimate of drug-likeness (QED) is 0.763. The second-order valence-corrected chi connectivity index (χ2v) is 8.44. The summed E-state index contributed by atoms with van der Waals surface area (Å²) in [6.45, 7) is 1.93. The molecule has 2 unspecified atom stereocenters. The fourth-order valence-electron chi connectivity index (χ4n) is 4.59. The van der Waals surface area contributed by atoms with E-state index in [0.717, 1.165) is 42.0 Å². The molecular formula is C23H29N3O2. The molecule has 2 atom stereocenters. The average Bonchev–Trinajstić information content (AvgIpc) is 3.24. The first kappa shape index (κ1) is 18.8. The zero-order chi connectivity index (χ0) is 20.1. The van der Waals surface area contributed by atoms with Gasteiger partial charge in [0, 0.05) is 63.2 Å². The molecule has 0 N–H and O–H groups in total. The van der Waals surface area contributed by atoms with Crippen molar-refractivity contribution in [3.63, 3.8) is 0 Å². The van der Waals surface area contributed by atoms with Crippen molar-refractivity contribution in [1.29, 1.82) is 0 Å². The summed E-state index contributed by atoms with van der Waals surface area (Å²) >= 11 is 0. The summed E-state index contributed by atoms with van der Waals surface area (Å²) in [6, 6.07) is 14.6. The number of anilines is 2. The maximum Gasteiger partial charge on any atom is 0.339 e. The fraction of sp³-hybridized carbons (Fsp3) is 0.435. The molecule has 148 valence electrons. The van der Waals surface area contributed by atoms with Crippen LogP contribution in [-0.2, 0) is 10.3 Å². The molecule has 0 bridgehead atoms. The normalized spacial score (nSPS) is 24.2. The van der Waals surface area contributed by atoms with Gasteiger partial charge in [-0.3, -0.25) is 0 Å². The Bertz CT molecular complexity index is 891. The summed E-state index contributed by atoms with van der Waals surface area (Å²) < 4.78 is 6.28. The maximum absolute atomic E-state index is 13.0. The van der Waals surface area contributed by atoms with Crippen LogP contribution in [0, 0.1) is 5.92 Å². The van der Waals surface area contributed by atoms with Gasteiger partial charge in [-0.1, -0.05) is 18.2 Å². The highest BCUT2D eigenvalue weighted by Crippen LogP contribution is 2.50. The molecule has 0 aliphatic carbocycles. The number of ether oxygens (including phenoxy) is 1. The molecule has 4 rings (SSSR count). The number of carbonyl (C=O) groups is 1. The van der Waals surface area contributed by atoms with E-state index in [-0.39, 0.29) is 11.9 Å². The summed E-state index contributed by atoms with van der Waals surface area (Å²) in [7, 11) is 10.2. The Balaban J connectivity index is 1.88. The minimum Gasteiger partial charge on any atom is -0.445 e. The summed E-state index contributed by atoms with van der Waals surface area (Å²) in [5, 5.41) is 0. The van der Waals surface area contributed by atoms with Crippen LogP contribution in [0.2, 0.25) is 0 Å². The predicted molar refractivity (Wildman–Crippen MR) is 113 cm³/mol. The van der Waals surface area contributed by atoms with Crippen molar-refractivity contribution in [3.05, 3.63) is 59.2 Å². The van der Waals surface area contributed by atoms with E-state index in [4.69, 9.17) is 4.74 Å². The Morgan fingerprint density at radius 2 is 1.64 bits per heavy atom. The number of likely N-dealkylation sites (tertiary alicyclic amines) is 1. The van der Waals surface area contributed by atoms with Gasteiger partial charge >= 0.3 is 5.97 Å². The Morgan fingerprint density at radius 3 is 2.21 bits per heavy atom. The summed E-state index contributed by atoms with van der Waals surface area (Å²) in [4.78, 5) is 19.4. The van der Waals surface area contributed by atoms with E-state index in [1.54, 1.807) is 0 Å². The standard InChI is InChI=1S/C23H29N3O2/c1-24(2)18-8-6-16(7-9-18)23(17-12-13-26(5)15-17)21-11-10-19(25(3)4)14-20(21)22(27)28-23/h6-11,14,17H,12-13,15H2,1-5H3. The number of hydrogen-bond donors (Lipinski definition) is 0. The van der Waals surface area contributed by atoms with Crippen LogP contribution in [0.1, 0.15) is 27.9 Å². The van der Waals surface area contributed by atoms with Gasteiger partial charge < -0.3 is 19.4 Å². The first-order chi connectivity index (χ1) is 13.3. The van der Waals surface area contributed by atoms with Gasteiger partial charge in [-0.15, -0.1) is 0 Å². The van der Waals surface area contributed by atoms with Crippen molar-refractivity contribution in [3.8, 4) is 0 Å². The molecule has 2 aliphatic heterocycles. The lowest BCUT2D eigenvalue weighted by molar-refractivity contribution is -0.0154. The van der Waals surface area contributed by atoms with E-state index < -0.39 is 5.60 Å². The van der Waals surface area contributed by atoms with Crippen molar-refractivity contribution in [1.82, 2.24) is 4.90 Å². The van der Waals surface area contributed by atoms with Gasteiger partial charge in [0.05, 0.1) is 5.56 Å². The van der Waals surface area contributed by atoms with Crippen LogP contribution >= 0.6 is 0 Å². The van der Waals surface area contributed by atoms with E-state index in [2.05, 4.69) is 53.2 Å². The van der Waals surface area contributed by atoms with Crippen LogP contribution in [0.15, 0.2) is 42.5 Å². The van der Waals surface area contributed by atoms with Crippen molar-refractivity contribution in [2.75, 3.05) is 58.1 Å².